The van der Waals surface area contributed by atoms with E-state index in [1.165, 1.54) is 6.07 Å². The number of carbonyl (C=O) groups is 3. The van der Waals surface area contributed by atoms with Gasteiger partial charge in [0.25, 0.3) is 11.8 Å². The van der Waals surface area contributed by atoms with Gasteiger partial charge in [-0.1, -0.05) is 37.3 Å². The highest BCUT2D eigenvalue weighted by Crippen LogP contribution is 2.16. The zero-order valence-electron chi connectivity index (χ0n) is 13.2. The van der Waals surface area contributed by atoms with Gasteiger partial charge in [-0.25, -0.2) is 4.79 Å². The van der Waals surface area contributed by atoms with Crippen molar-refractivity contribution in [1.29, 1.82) is 0 Å². The zero-order valence-corrected chi connectivity index (χ0v) is 13.2. The van der Waals surface area contributed by atoms with Gasteiger partial charge in [-0.05, 0) is 30.7 Å². The van der Waals surface area contributed by atoms with Crippen LogP contribution >= 0.6 is 0 Å². The summed E-state index contributed by atoms with van der Waals surface area (Å²) in [7, 11) is 0. The van der Waals surface area contributed by atoms with E-state index < -0.39 is 17.9 Å². The summed E-state index contributed by atoms with van der Waals surface area (Å²) in [6.07, 6.45) is 0.264. The summed E-state index contributed by atoms with van der Waals surface area (Å²) in [6, 6.07) is 14.1. The SMILES string of the molecule is CC[C@@H](NC(=O)c1ccccc1NC(=O)c1ccccc1)C(=O)O. The number of benzene rings is 2. The summed E-state index contributed by atoms with van der Waals surface area (Å²) in [5, 5.41) is 14.2. The number of carboxylic acids is 1. The van der Waals surface area contributed by atoms with Crippen molar-refractivity contribution in [1.82, 2.24) is 5.32 Å². The molecule has 124 valence electrons. The molecule has 0 radical (unpaired) electrons. The minimum atomic E-state index is -1.10. The fourth-order valence-electron chi connectivity index (χ4n) is 2.15. The van der Waals surface area contributed by atoms with Crippen LogP contribution in [-0.2, 0) is 4.79 Å². The summed E-state index contributed by atoms with van der Waals surface area (Å²) >= 11 is 0. The first-order valence-electron chi connectivity index (χ1n) is 7.52. The van der Waals surface area contributed by atoms with Crippen LogP contribution in [0.2, 0.25) is 0 Å². The molecule has 0 saturated carbocycles. The number of amides is 2. The first-order valence-corrected chi connectivity index (χ1v) is 7.52. The maximum Gasteiger partial charge on any atom is 0.326 e. The second-order valence-corrected chi connectivity index (χ2v) is 5.14. The lowest BCUT2D eigenvalue weighted by atomic mass is 10.1. The quantitative estimate of drug-likeness (QED) is 0.760. The van der Waals surface area contributed by atoms with Crippen molar-refractivity contribution in [3.8, 4) is 0 Å². The van der Waals surface area contributed by atoms with Crippen molar-refractivity contribution >= 4 is 23.5 Å². The average molecular weight is 326 g/mol. The third-order valence-electron chi connectivity index (χ3n) is 3.47. The van der Waals surface area contributed by atoms with Crippen molar-refractivity contribution in [2.24, 2.45) is 0 Å². The van der Waals surface area contributed by atoms with Crippen molar-refractivity contribution in [2.75, 3.05) is 5.32 Å². The standard InChI is InChI=1S/C18H18N2O4/c1-2-14(18(23)24)19-17(22)13-10-6-7-11-15(13)20-16(21)12-8-4-3-5-9-12/h3-11,14H,2H2,1H3,(H,19,22)(H,20,21)(H,23,24)/t14-/m1/s1. The monoisotopic (exact) mass is 326 g/mol. The minimum absolute atomic E-state index is 0.210. The van der Waals surface area contributed by atoms with Gasteiger partial charge in [-0.2, -0.15) is 0 Å². The molecule has 0 fully saturated rings. The molecule has 6 nitrogen and oxygen atoms in total. The van der Waals surface area contributed by atoms with Gasteiger partial charge in [0.1, 0.15) is 6.04 Å². The van der Waals surface area contributed by atoms with Gasteiger partial charge >= 0.3 is 5.97 Å². The number of carbonyl (C=O) groups excluding carboxylic acids is 2. The molecule has 0 saturated heterocycles. The van der Waals surface area contributed by atoms with Crippen LogP contribution in [0.1, 0.15) is 34.1 Å². The number of para-hydroxylation sites is 1. The lowest BCUT2D eigenvalue weighted by molar-refractivity contribution is -0.139. The Labute approximate surface area is 139 Å². The Morgan fingerprint density at radius 1 is 0.958 bits per heavy atom. The molecule has 0 aromatic heterocycles. The van der Waals surface area contributed by atoms with E-state index in [2.05, 4.69) is 10.6 Å². The maximum absolute atomic E-state index is 12.3. The molecule has 0 bridgehead atoms. The Hall–Kier alpha value is -3.15. The van der Waals surface area contributed by atoms with Crippen LogP contribution < -0.4 is 10.6 Å². The number of aliphatic carboxylic acids is 1. The third-order valence-corrected chi connectivity index (χ3v) is 3.47. The Morgan fingerprint density at radius 2 is 1.58 bits per heavy atom. The molecule has 0 heterocycles. The van der Waals surface area contributed by atoms with Crippen LogP contribution in [0.5, 0.6) is 0 Å². The van der Waals surface area contributed by atoms with E-state index in [4.69, 9.17) is 5.11 Å². The van der Waals surface area contributed by atoms with E-state index >= 15 is 0 Å². The molecule has 24 heavy (non-hydrogen) atoms. The number of carboxylic acid groups (broad SMARTS) is 1. The molecule has 0 aliphatic carbocycles. The molecule has 0 unspecified atom stereocenters. The van der Waals surface area contributed by atoms with Gasteiger partial charge in [0.05, 0.1) is 11.3 Å². The maximum atomic E-state index is 12.3. The highest BCUT2D eigenvalue weighted by molar-refractivity contribution is 6.09. The lowest BCUT2D eigenvalue weighted by Gasteiger charge is -2.15. The molecular weight excluding hydrogens is 308 g/mol. The molecule has 0 spiro atoms. The molecule has 0 aliphatic rings. The minimum Gasteiger partial charge on any atom is -0.480 e. The third kappa shape index (κ3) is 4.19. The van der Waals surface area contributed by atoms with Crippen LogP contribution in [0, 0.1) is 0 Å². The van der Waals surface area contributed by atoms with Gasteiger partial charge in [0.15, 0.2) is 0 Å². The molecule has 3 N–H and O–H groups in total. The molecule has 2 aromatic carbocycles. The number of nitrogens with one attached hydrogen (secondary N) is 2. The molecule has 2 amide bonds. The van der Waals surface area contributed by atoms with Gasteiger partial charge in [0, 0.05) is 5.56 Å². The summed E-state index contributed by atoms with van der Waals surface area (Å²) in [6.45, 7) is 1.67. The van der Waals surface area contributed by atoms with E-state index in [1.807, 2.05) is 0 Å². The Kier molecular flexibility index (Phi) is 5.68. The number of anilines is 1. The molecular formula is C18H18N2O4. The van der Waals surface area contributed by atoms with Crippen molar-refractivity contribution in [3.05, 3.63) is 65.7 Å². The topological polar surface area (TPSA) is 95.5 Å². The number of hydrogen-bond donors (Lipinski definition) is 3. The van der Waals surface area contributed by atoms with Crippen LogP contribution in [0.3, 0.4) is 0 Å². The molecule has 2 rings (SSSR count). The van der Waals surface area contributed by atoms with Crippen LogP contribution in [0.4, 0.5) is 5.69 Å². The van der Waals surface area contributed by atoms with E-state index in [0.717, 1.165) is 0 Å². The van der Waals surface area contributed by atoms with Gasteiger partial charge in [-0.3, -0.25) is 9.59 Å². The van der Waals surface area contributed by atoms with Crippen molar-refractivity contribution < 1.29 is 19.5 Å². The van der Waals surface area contributed by atoms with Crippen LogP contribution in [0.25, 0.3) is 0 Å². The predicted molar refractivity (Wildman–Crippen MR) is 90.0 cm³/mol. The lowest BCUT2D eigenvalue weighted by Crippen LogP contribution is -2.40. The molecule has 2 aromatic rings. The van der Waals surface area contributed by atoms with Crippen molar-refractivity contribution in [3.63, 3.8) is 0 Å². The van der Waals surface area contributed by atoms with Crippen LogP contribution in [0.15, 0.2) is 54.6 Å². The van der Waals surface area contributed by atoms with Crippen LogP contribution in [-0.4, -0.2) is 28.9 Å². The van der Waals surface area contributed by atoms with Gasteiger partial charge in [0.2, 0.25) is 0 Å². The smallest absolute Gasteiger partial charge is 0.326 e. The van der Waals surface area contributed by atoms with Gasteiger partial charge in [-0.15, -0.1) is 0 Å². The number of hydrogen-bond acceptors (Lipinski definition) is 3. The largest absolute Gasteiger partial charge is 0.480 e. The fourth-order valence-corrected chi connectivity index (χ4v) is 2.15. The zero-order chi connectivity index (χ0) is 17.5. The second-order valence-electron chi connectivity index (χ2n) is 5.14. The molecule has 0 aliphatic heterocycles. The predicted octanol–water partition coefficient (Wildman–Crippen LogP) is 2.53. The average Bonchev–Trinajstić information content (AvgIpc) is 2.60. The van der Waals surface area contributed by atoms with E-state index in [-0.39, 0.29) is 17.9 Å². The van der Waals surface area contributed by atoms with E-state index in [0.29, 0.717) is 11.3 Å². The fraction of sp³-hybridized carbons (Fsp3) is 0.167. The molecule has 1 atom stereocenters. The Balaban J connectivity index is 2.19. The Bertz CT molecular complexity index is 744. The number of rotatable bonds is 6. The first kappa shape index (κ1) is 17.2. The summed E-state index contributed by atoms with van der Waals surface area (Å²) in [5.41, 5.74) is 0.996. The highest BCUT2D eigenvalue weighted by Gasteiger charge is 2.20. The van der Waals surface area contributed by atoms with Crippen molar-refractivity contribution in [2.45, 2.75) is 19.4 Å². The summed E-state index contributed by atoms with van der Waals surface area (Å²) in [4.78, 5) is 35.6. The molecule has 6 heteroatoms. The summed E-state index contributed by atoms with van der Waals surface area (Å²) in [5.74, 6) is -1.99. The first-order chi connectivity index (χ1) is 11.5. The summed E-state index contributed by atoms with van der Waals surface area (Å²) < 4.78 is 0. The Morgan fingerprint density at radius 3 is 2.21 bits per heavy atom. The van der Waals surface area contributed by atoms with Gasteiger partial charge < -0.3 is 15.7 Å². The van der Waals surface area contributed by atoms with E-state index in [1.54, 1.807) is 55.5 Å². The normalized spacial score (nSPS) is 11.4. The van der Waals surface area contributed by atoms with E-state index in [9.17, 15) is 14.4 Å². The highest BCUT2D eigenvalue weighted by atomic mass is 16.4. The second kappa shape index (κ2) is 7.92.